The number of halogens is 1. The van der Waals surface area contributed by atoms with E-state index in [4.69, 9.17) is 22.1 Å². The van der Waals surface area contributed by atoms with Crippen molar-refractivity contribution in [2.45, 2.75) is 6.54 Å². The highest BCUT2D eigenvalue weighted by molar-refractivity contribution is 6.67. The van der Waals surface area contributed by atoms with Gasteiger partial charge >= 0.3 is 5.97 Å². The number of carbonyl (C=O) groups excluding carboxylic acids is 4. The number of hydrogen-bond donors (Lipinski definition) is 3. The monoisotopic (exact) mass is 550 g/mol. The van der Waals surface area contributed by atoms with Gasteiger partial charge in [-0.3, -0.25) is 14.4 Å². The van der Waals surface area contributed by atoms with Crippen molar-refractivity contribution in [1.82, 2.24) is 19.9 Å². The predicted molar refractivity (Wildman–Crippen MR) is 143 cm³/mol. The maximum Gasteiger partial charge on any atom is 0.337 e. The van der Waals surface area contributed by atoms with Crippen molar-refractivity contribution in [1.29, 1.82) is 0 Å². The minimum Gasteiger partial charge on any atom is -0.482 e. The number of anilines is 2. The molecule has 1 aliphatic rings. The smallest absolute Gasteiger partial charge is 0.337 e. The molecule has 5 rings (SSSR count). The van der Waals surface area contributed by atoms with Crippen molar-refractivity contribution in [2.75, 3.05) is 24.8 Å². The van der Waals surface area contributed by atoms with Crippen LogP contribution in [0.3, 0.4) is 0 Å². The third-order valence-corrected chi connectivity index (χ3v) is 5.88. The molecule has 39 heavy (non-hydrogen) atoms. The fourth-order valence-corrected chi connectivity index (χ4v) is 3.91. The second-order valence-corrected chi connectivity index (χ2v) is 8.65. The van der Waals surface area contributed by atoms with Gasteiger partial charge in [0, 0.05) is 25.4 Å². The van der Waals surface area contributed by atoms with Gasteiger partial charge in [-0.2, -0.15) is 0 Å². The second kappa shape index (κ2) is 11.6. The first-order valence-corrected chi connectivity index (χ1v) is 11.8. The zero-order valence-corrected chi connectivity index (χ0v) is 21.6. The van der Waals surface area contributed by atoms with Gasteiger partial charge < -0.3 is 30.4 Å². The van der Waals surface area contributed by atoms with Gasteiger partial charge in [-0.15, -0.1) is 0 Å². The Bertz CT molecular complexity index is 1580. The molecule has 200 valence electrons. The second-order valence-electron chi connectivity index (χ2n) is 8.31. The molecule has 0 saturated carbocycles. The van der Waals surface area contributed by atoms with E-state index in [9.17, 15) is 19.2 Å². The lowest BCUT2D eigenvalue weighted by Gasteiger charge is -2.18. The van der Waals surface area contributed by atoms with Crippen molar-refractivity contribution < 1.29 is 28.7 Å². The number of hydrogen-bond acceptors (Lipinski definition) is 9. The molecule has 2 aromatic heterocycles. The van der Waals surface area contributed by atoms with E-state index < -0.39 is 11.2 Å². The number of esters is 1. The summed E-state index contributed by atoms with van der Waals surface area (Å²) >= 11 is 5.21. The van der Waals surface area contributed by atoms with E-state index in [2.05, 4.69) is 25.3 Å². The molecule has 0 unspecified atom stereocenters. The number of fused-ring (bicyclic) bond motifs is 2. The Hall–Kier alpha value is -4.97. The van der Waals surface area contributed by atoms with Gasteiger partial charge in [0.15, 0.2) is 12.3 Å². The van der Waals surface area contributed by atoms with Crippen LogP contribution in [0.4, 0.5) is 11.4 Å². The zero-order valence-electron chi connectivity index (χ0n) is 20.9. The Morgan fingerprint density at radius 2 is 1.87 bits per heavy atom. The number of nitrogen functional groups attached to an aromatic ring is 1. The largest absolute Gasteiger partial charge is 0.482 e. The SMILES string of the molecule is COC(=O)c1ccc(C(=O)Cl)cc1.Cn1cc(N)c2ncnc(C(=O)NCc3ccc4c(c3)NC(=O)CO4)c21. The Morgan fingerprint density at radius 1 is 1.15 bits per heavy atom. The van der Waals surface area contributed by atoms with Gasteiger partial charge in [0.25, 0.3) is 17.1 Å². The van der Waals surface area contributed by atoms with Gasteiger partial charge in [0.05, 0.1) is 24.0 Å². The van der Waals surface area contributed by atoms with Crippen molar-refractivity contribution in [3.8, 4) is 5.75 Å². The zero-order chi connectivity index (χ0) is 28.1. The molecule has 13 heteroatoms. The molecule has 0 radical (unpaired) electrons. The Kier molecular flexibility index (Phi) is 8.06. The molecular weight excluding hydrogens is 528 g/mol. The Labute approximate surface area is 227 Å². The van der Waals surface area contributed by atoms with Crippen LogP contribution in [0.25, 0.3) is 11.0 Å². The van der Waals surface area contributed by atoms with Crippen LogP contribution in [-0.4, -0.2) is 51.3 Å². The molecular formula is C26H23ClN6O6. The standard InChI is InChI=1S/C17H16N6O3.C9H7ClO3/c1-23-6-10(18)14-16(23)15(21-8-20-14)17(25)19-5-9-2-3-12-11(4-9)22-13(24)7-26-12;1-13-9(12)7-4-2-6(3-5-7)8(10)11/h2-4,6,8H,5,7,18H2,1H3,(H,19,25)(H,22,24);2-5H,1H3. The number of benzene rings is 2. The van der Waals surface area contributed by atoms with Crippen LogP contribution in [0, 0.1) is 0 Å². The van der Waals surface area contributed by atoms with Gasteiger partial charge in [-0.1, -0.05) is 6.07 Å². The third-order valence-electron chi connectivity index (χ3n) is 5.66. The number of amides is 2. The lowest BCUT2D eigenvalue weighted by atomic mass is 10.1. The van der Waals surface area contributed by atoms with E-state index in [0.717, 1.165) is 5.56 Å². The molecule has 4 N–H and O–H groups in total. The summed E-state index contributed by atoms with van der Waals surface area (Å²) in [5, 5.41) is 5.02. The fourth-order valence-electron chi connectivity index (χ4n) is 3.79. The number of aromatic nitrogens is 3. The van der Waals surface area contributed by atoms with Crippen LogP contribution in [0.5, 0.6) is 5.75 Å². The summed E-state index contributed by atoms with van der Waals surface area (Å²) in [5.74, 6) is -0.370. The number of nitrogens with one attached hydrogen (secondary N) is 2. The molecule has 2 aromatic carbocycles. The summed E-state index contributed by atoms with van der Waals surface area (Å²) in [5.41, 5.74) is 9.92. The van der Waals surface area contributed by atoms with Crippen LogP contribution >= 0.6 is 11.6 Å². The number of methoxy groups -OCH3 is 1. The van der Waals surface area contributed by atoms with Crippen LogP contribution in [0.1, 0.15) is 36.8 Å². The van der Waals surface area contributed by atoms with E-state index >= 15 is 0 Å². The molecule has 0 bridgehead atoms. The first kappa shape index (κ1) is 27.1. The maximum absolute atomic E-state index is 12.6. The van der Waals surface area contributed by atoms with E-state index in [1.165, 1.54) is 37.7 Å². The summed E-state index contributed by atoms with van der Waals surface area (Å²) in [6, 6.07) is 11.3. The van der Waals surface area contributed by atoms with Crippen molar-refractivity contribution in [3.63, 3.8) is 0 Å². The average molecular weight is 551 g/mol. The van der Waals surface area contributed by atoms with Crippen LogP contribution in [0.2, 0.25) is 0 Å². The molecule has 4 aromatic rings. The van der Waals surface area contributed by atoms with Crippen LogP contribution in [-0.2, 0) is 23.1 Å². The first-order valence-electron chi connectivity index (χ1n) is 11.5. The summed E-state index contributed by atoms with van der Waals surface area (Å²) < 4.78 is 11.5. The fraction of sp³-hybridized carbons (Fsp3) is 0.154. The molecule has 0 fully saturated rings. The number of rotatable bonds is 5. The topological polar surface area (TPSA) is 168 Å². The van der Waals surface area contributed by atoms with Gasteiger partial charge in [0.1, 0.15) is 23.1 Å². The number of nitrogens with zero attached hydrogens (tertiary/aromatic N) is 3. The normalized spacial score (nSPS) is 11.8. The van der Waals surface area contributed by atoms with Crippen molar-refractivity contribution in [3.05, 3.63) is 77.4 Å². The molecule has 1 aliphatic heterocycles. The summed E-state index contributed by atoms with van der Waals surface area (Å²) in [6.07, 6.45) is 3.02. The van der Waals surface area contributed by atoms with E-state index in [1.807, 2.05) is 6.07 Å². The number of nitrogens with two attached hydrogens (primary N) is 1. The first-order chi connectivity index (χ1) is 18.7. The summed E-state index contributed by atoms with van der Waals surface area (Å²) in [6.45, 7) is 0.278. The van der Waals surface area contributed by atoms with E-state index in [0.29, 0.717) is 39.3 Å². The predicted octanol–water partition coefficient (Wildman–Crippen LogP) is 2.66. The minimum atomic E-state index is -0.545. The third kappa shape index (κ3) is 6.13. The number of aryl methyl sites for hydroxylation is 1. The molecule has 12 nitrogen and oxygen atoms in total. The minimum absolute atomic E-state index is 0.00654. The highest BCUT2D eigenvalue weighted by Crippen LogP contribution is 2.28. The van der Waals surface area contributed by atoms with Crippen LogP contribution < -0.4 is 21.1 Å². The molecule has 0 atom stereocenters. The number of carbonyl (C=O) groups is 4. The summed E-state index contributed by atoms with van der Waals surface area (Å²) in [7, 11) is 3.08. The Morgan fingerprint density at radius 3 is 2.56 bits per heavy atom. The van der Waals surface area contributed by atoms with Gasteiger partial charge in [-0.05, 0) is 53.6 Å². The van der Waals surface area contributed by atoms with Crippen LogP contribution in [0.15, 0.2) is 55.0 Å². The van der Waals surface area contributed by atoms with E-state index in [1.54, 1.807) is 29.9 Å². The molecule has 0 saturated heterocycles. The number of ether oxygens (including phenoxy) is 2. The molecule has 2 amide bonds. The maximum atomic E-state index is 12.6. The lowest BCUT2D eigenvalue weighted by molar-refractivity contribution is -0.118. The lowest BCUT2D eigenvalue weighted by Crippen LogP contribution is -2.26. The van der Waals surface area contributed by atoms with Crippen molar-refractivity contribution in [2.24, 2.45) is 7.05 Å². The molecule has 0 spiro atoms. The highest BCUT2D eigenvalue weighted by Gasteiger charge is 2.19. The highest BCUT2D eigenvalue weighted by atomic mass is 35.5. The van der Waals surface area contributed by atoms with E-state index in [-0.39, 0.29) is 30.7 Å². The van der Waals surface area contributed by atoms with Gasteiger partial charge in [-0.25, -0.2) is 14.8 Å². The van der Waals surface area contributed by atoms with Crippen molar-refractivity contribution >= 4 is 57.0 Å². The average Bonchev–Trinajstić information content (AvgIpc) is 3.24. The molecule has 3 heterocycles. The van der Waals surface area contributed by atoms with Gasteiger partial charge in [0.2, 0.25) is 0 Å². The Balaban J connectivity index is 0.000000229. The quantitative estimate of drug-likeness (QED) is 0.250. The molecule has 0 aliphatic carbocycles. The summed E-state index contributed by atoms with van der Waals surface area (Å²) in [4.78, 5) is 53.8.